The van der Waals surface area contributed by atoms with E-state index in [1.165, 1.54) is 5.56 Å². The molecular formula is C23H25N3O3. The highest BCUT2D eigenvalue weighted by atomic mass is 16.5. The van der Waals surface area contributed by atoms with Crippen molar-refractivity contribution in [3.05, 3.63) is 70.5 Å². The summed E-state index contributed by atoms with van der Waals surface area (Å²) in [6.45, 7) is 7.41. The van der Waals surface area contributed by atoms with Crippen LogP contribution in [0.5, 0.6) is 0 Å². The highest BCUT2D eigenvalue weighted by Crippen LogP contribution is 2.16. The molecule has 2 aromatic carbocycles. The van der Waals surface area contributed by atoms with Crippen molar-refractivity contribution in [2.24, 2.45) is 0 Å². The minimum Gasteiger partial charge on any atom is -0.452 e. The zero-order valence-electron chi connectivity index (χ0n) is 17.2. The first-order valence-electron chi connectivity index (χ1n) is 9.67. The third-order valence-corrected chi connectivity index (χ3v) is 4.91. The molecule has 29 heavy (non-hydrogen) atoms. The minimum absolute atomic E-state index is 0.172. The predicted molar refractivity (Wildman–Crippen MR) is 112 cm³/mol. The standard InChI is InChI=1S/C23H25N3O3/c1-5-17-6-8-18(9-7-17)16(4)26-22(27)13-29-23(28)19-10-11-20-21(12-19)25-15(3)14(2)24-20/h6-12,16H,5,13H2,1-4H3,(H,26,27)/t16-/m1/s1. The van der Waals surface area contributed by atoms with E-state index < -0.39 is 5.97 Å². The summed E-state index contributed by atoms with van der Waals surface area (Å²) in [5.74, 6) is -0.917. The van der Waals surface area contributed by atoms with Crippen LogP contribution in [0.4, 0.5) is 0 Å². The summed E-state index contributed by atoms with van der Waals surface area (Å²) in [7, 11) is 0. The first-order chi connectivity index (χ1) is 13.9. The van der Waals surface area contributed by atoms with Crippen molar-refractivity contribution in [3.8, 4) is 0 Å². The summed E-state index contributed by atoms with van der Waals surface area (Å²) in [6, 6.07) is 12.9. The summed E-state index contributed by atoms with van der Waals surface area (Å²) < 4.78 is 5.17. The molecule has 0 aliphatic heterocycles. The minimum atomic E-state index is -0.568. The molecule has 1 atom stereocenters. The van der Waals surface area contributed by atoms with Gasteiger partial charge in [-0.3, -0.25) is 4.79 Å². The van der Waals surface area contributed by atoms with Gasteiger partial charge in [0.2, 0.25) is 0 Å². The Morgan fingerprint density at radius 2 is 1.66 bits per heavy atom. The van der Waals surface area contributed by atoms with Crippen LogP contribution in [0.25, 0.3) is 11.0 Å². The lowest BCUT2D eigenvalue weighted by molar-refractivity contribution is -0.124. The number of hydrogen-bond donors (Lipinski definition) is 1. The molecule has 3 rings (SSSR count). The van der Waals surface area contributed by atoms with Crippen LogP contribution in [-0.2, 0) is 16.0 Å². The van der Waals surface area contributed by atoms with E-state index >= 15 is 0 Å². The molecule has 6 heteroatoms. The Morgan fingerprint density at radius 3 is 2.31 bits per heavy atom. The third-order valence-electron chi connectivity index (χ3n) is 4.91. The molecule has 0 radical (unpaired) electrons. The lowest BCUT2D eigenvalue weighted by Crippen LogP contribution is -2.31. The van der Waals surface area contributed by atoms with E-state index in [9.17, 15) is 9.59 Å². The maximum atomic E-state index is 12.3. The van der Waals surface area contributed by atoms with Gasteiger partial charge >= 0.3 is 5.97 Å². The summed E-state index contributed by atoms with van der Waals surface area (Å²) >= 11 is 0. The molecule has 1 N–H and O–H groups in total. The number of carbonyl (C=O) groups excluding carboxylic acids is 2. The van der Waals surface area contributed by atoms with Gasteiger partial charge in [-0.25, -0.2) is 14.8 Å². The van der Waals surface area contributed by atoms with Crippen molar-refractivity contribution in [1.82, 2.24) is 15.3 Å². The molecule has 1 amide bonds. The first kappa shape index (κ1) is 20.5. The number of nitrogens with one attached hydrogen (secondary N) is 1. The second kappa shape index (κ2) is 8.82. The lowest BCUT2D eigenvalue weighted by atomic mass is 10.1. The number of ether oxygens (including phenoxy) is 1. The van der Waals surface area contributed by atoms with Gasteiger partial charge in [0.25, 0.3) is 5.91 Å². The van der Waals surface area contributed by atoms with E-state index in [0.29, 0.717) is 16.6 Å². The SMILES string of the molecule is CCc1ccc([C@@H](C)NC(=O)COC(=O)c2ccc3nc(C)c(C)nc3c2)cc1. The summed E-state index contributed by atoms with van der Waals surface area (Å²) in [5, 5.41) is 2.85. The molecule has 0 bridgehead atoms. The van der Waals surface area contributed by atoms with Gasteiger partial charge in [0.05, 0.1) is 34.0 Å². The van der Waals surface area contributed by atoms with Crippen LogP contribution in [0.1, 0.15) is 52.8 Å². The van der Waals surface area contributed by atoms with E-state index in [2.05, 4.69) is 22.2 Å². The Kier molecular flexibility index (Phi) is 6.22. The topological polar surface area (TPSA) is 81.2 Å². The van der Waals surface area contributed by atoms with Gasteiger partial charge in [-0.15, -0.1) is 0 Å². The number of esters is 1. The number of fused-ring (bicyclic) bond motifs is 1. The van der Waals surface area contributed by atoms with Crippen molar-refractivity contribution < 1.29 is 14.3 Å². The second-order valence-electron chi connectivity index (χ2n) is 7.06. The molecule has 3 aromatic rings. The van der Waals surface area contributed by atoms with Gasteiger partial charge in [-0.05, 0) is 56.5 Å². The van der Waals surface area contributed by atoms with E-state index in [4.69, 9.17) is 4.74 Å². The van der Waals surface area contributed by atoms with Gasteiger partial charge in [-0.1, -0.05) is 31.2 Å². The monoisotopic (exact) mass is 391 g/mol. The average molecular weight is 391 g/mol. The van der Waals surface area contributed by atoms with Crippen molar-refractivity contribution >= 4 is 22.9 Å². The van der Waals surface area contributed by atoms with Gasteiger partial charge < -0.3 is 10.1 Å². The summed E-state index contributed by atoms with van der Waals surface area (Å²) in [4.78, 5) is 33.4. The molecule has 6 nitrogen and oxygen atoms in total. The lowest BCUT2D eigenvalue weighted by Gasteiger charge is -2.15. The van der Waals surface area contributed by atoms with Gasteiger partial charge in [0.15, 0.2) is 6.61 Å². The largest absolute Gasteiger partial charge is 0.452 e. The van der Waals surface area contributed by atoms with Crippen LogP contribution in [0.2, 0.25) is 0 Å². The highest BCUT2D eigenvalue weighted by Gasteiger charge is 2.14. The van der Waals surface area contributed by atoms with Crippen LogP contribution in [0.3, 0.4) is 0 Å². The normalized spacial score (nSPS) is 11.9. The van der Waals surface area contributed by atoms with Crippen LogP contribution >= 0.6 is 0 Å². The molecular weight excluding hydrogens is 366 g/mol. The highest BCUT2D eigenvalue weighted by molar-refractivity contribution is 5.94. The smallest absolute Gasteiger partial charge is 0.338 e. The molecule has 0 aliphatic rings. The number of aryl methyl sites for hydroxylation is 3. The quantitative estimate of drug-likeness (QED) is 0.646. The molecule has 0 spiro atoms. The fourth-order valence-electron chi connectivity index (χ4n) is 2.98. The average Bonchev–Trinajstić information content (AvgIpc) is 2.72. The van der Waals surface area contributed by atoms with Crippen LogP contribution in [0, 0.1) is 13.8 Å². The zero-order chi connectivity index (χ0) is 21.0. The number of nitrogens with zero attached hydrogens (tertiary/aromatic N) is 2. The molecule has 0 saturated carbocycles. The molecule has 0 unspecified atom stereocenters. The Labute approximate surface area is 170 Å². The van der Waals surface area contributed by atoms with Crippen molar-refractivity contribution in [2.75, 3.05) is 6.61 Å². The molecule has 1 aromatic heterocycles. The number of hydrogen-bond acceptors (Lipinski definition) is 5. The Balaban J connectivity index is 1.58. The maximum absolute atomic E-state index is 12.3. The van der Waals surface area contributed by atoms with E-state index in [1.54, 1.807) is 18.2 Å². The number of carbonyl (C=O) groups is 2. The fraction of sp³-hybridized carbons (Fsp3) is 0.304. The van der Waals surface area contributed by atoms with E-state index in [-0.39, 0.29) is 18.6 Å². The third kappa shape index (κ3) is 4.96. The number of rotatable bonds is 6. The fourth-order valence-corrected chi connectivity index (χ4v) is 2.98. The van der Waals surface area contributed by atoms with Crippen molar-refractivity contribution in [2.45, 2.75) is 40.2 Å². The van der Waals surface area contributed by atoms with Crippen LogP contribution < -0.4 is 5.32 Å². The van der Waals surface area contributed by atoms with Gasteiger partial charge in [0, 0.05) is 0 Å². The molecule has 0 aliphatic carbocycles. The Bertz CT molecular complexity index is 1050. The Hall–Kier alpha value is -3.28. The van der Waals surface area contributed by atoms with Crippen LogP contribution in [0.15, 0.2) is 42.5 Å². The molecule has 0 saturated heterocycles. The zero-order valence-corrected chi connectivity index (χ0v) is 17.2. The second-order valence-corrected chi connectivity index (χ2v) is 7.06. The molecule has 0 fully saturated rings. The summed E-state index contributed by atoms with van der Waals surface area (Å²) in [6.07, 6.45) is 0.969. The van der Waals surface area contributed by atoms with Crippen molar-refractivity contribution in [1.29, 1.82) is 0 Å². The Morgan fingerprint density at radius 1 is 1.00 bits per heavy atom. The summed E-state index contributed by atoms with van der Waals surface area (Å²) in [5.41, 5.74) is 5.58. The predicted octanol–water partition coefficient (Wildman–Crippen LogP) is 3.84. The van der Waals surface area contributed by atoms with Gasteiger partial charge in [0.1, 0.15) is 0 Å². The number of aromatic nitrogens is 2. The van der Waals surface area contributed by atoms with E-state index in [1.807, 2.05) is 45.0 Å². The molecule has 150 valence electrons. The van der Waals surface area contributed by atoms with E-state index in [0.717, 1.165) is 23.4 Å². The maximum Gasteiger partial charge on any atom is 0.338 e. The number of benzene rings is 2. The van der Waals surface area contributed by atoms with Crippen molar-refractivity contribution in [3.63, 3.8) is 0 Å². The molecule has 1 heterocycles. The first-order valence-corrected chi connectivity index (χ1v) is 9.67. The number of amides is 1. The van der Waals surface area contributed by atoms with Crippen LogP contribution in [-0.4, -0.2) is 28.5 Å². The van der Waals surface area contributed by atoms with Gasteiger partial charge in [-0.2, -0.15) is 0 Å².